The molecular formula is C8H6O6S. The summed E-state index contributed by atoms with van der Waals surface area (Å²) < 4.78 is 19.3. The normalized spacial score (nSPS) is 12.1. The highest BCUT2D eigenvalue weighted by Gasteiger charge is 2.17. The van der Waals surface area contributed by atoms with E-state index in [0.29, 0.717) is 0 Å². The second-order valence-electron chi connectivity index (χ2n) is 2.57. The largest absolute Gasteiger partial charge is 0.478 e. The van der Waals surface area contributed by atoms with Crippen LogP contribution in [0.3, 0.4) is 0 Å². The van der Waals surface area contributed by atoms with Gasteiger partial charge in [-0.1, -0.05) is 0 Å². The van der Waals surface area contributed by atoms with Gasteiger partial charge in [0.1, 0.15) is 0 Å². The van der Waals surface area contributed by atoms with Crippen molar-refractivity contribution in [1.82, 2.24) is 0 Å². The van der Waals surface area contributed by atoms with E-state index in [2.05, 4.69) is 0 Å². The quantitative estimate of drug-likeness (QED) is 0.657. The monoisotopic (exact) mass is 230 g/mol. The van der Waals surface area contributed by atoms with Crippen LogP contribution >= 0.6 is 0 Å². The fourth-order valence-corrected chi connectivity index (χ4v) is 1.40. The van der Waals surface area contributed by atoms with Gasteiger partial charge in [0.25, 0.3) is 0 Å². The topological polar surface area (TPSA) is 112 Å². The molecule has 0 spiro atoms. The maximum atomic E-state index is 10.7. The van der Waals surface area contributed by atoms with Gasteiger partial charge in [0, 0.05) is 0 Å². The highest BCUT2D eigenvalue weighted by atomic mass is 32.2. The Hall–Kier alpha value is -1.73. The zero-order chi connectivity index (χ0) is 11.6. The van der Waals surface area contributed by atoms with E-state index in [1.54, 1.807) is 0 Å². The minimum atomic E-state index is -2.33. The van der Waals surface area contributed by atoms with Crippen LogP contribution in [0.4, 0.5) is 0 Å². The molecule has 1 aromatic carbocycles. The van der Waals surface area contributed by atoms with Crippen molar-refractivity contribution in [2.75, 3.05) is 0 Å². The summed E-state index contributed by atoms with van der Waals surface area (Å²) in [5, 5.41) is 17.3. The maximum Gasteiger partial charge on any atom is 0.336 e. The summed E-state index contributed by atoms with van der Waals surface area (Å²) in [7, 11) is 0. The van der Waals surface area contributed by atoms with Gasteiger partial charge in [0.15, 0.2) is 11.1 Å². The second-order valence-corrected chi connectivity index (χ2v) is 3.54. The Balaban J connectivity index is 3.40. The first-order valence-corrected chi connectivity index (χ1v) is 4.75. The van der Waals surface area contributed by atoms with Gasteiger partial charge in [0.05, 0.1) is 16.0 Å². The highest BCUT2D eigenvalue weighted by Crippen LogP contribution is 2.14. The lowest BCUT2D eigenvalue weighted by molar-refractivity contribution is 0.0651. The van der Waals surface area contributed by atoms with Crippen molar-refractivity contribution in [2.24, 2.45) is 0 Å². The lowest BCUT2D eigenvalue weighted by Gasteiger charge is -2.02. The Morgan fingerprint density at radius 1 is 1.07 bits per heavy atom. The van der Waals surface area contributed by atoms with Gasteiger partial charge in [-0.05, 0) is 18.2 Å². The van der Waals surface area contributed by atoms with Gasteiger partial charge in [-0.2, -0.15) is 0 Å². The molecule has 0 aliphatic carbocycles. The van der Waals surface area contributed by atoms with Crippen LogP contribution in [-0.4, -0.2) is 30.9 Å². The van der Waals surface area contributed by atoms with Crippen LogP contribution in [0.15, 0.2) is 23.1 Å². The summed E-state index contributed by atoms with van der Waals surface area (Å²) in [5.41, 5.74) is -0.931. The molecule has 0 bridgehead atoms. The number of aromatic carboxylic acids is 2. The zero-order valence-corrected chi connectivity index (χ0v) is 8.02. The molecule has 15 heavy (non-hydrogen) atoms. The molecule has 1 atom stereocenters. The van der Waals surface area contributed by atoms with Gasteiger partial charge in [-0.25, -0.2) is 13.8 Å². The predicted octanol–water partition coefficient (Wildman–Crippen LogP) is 0.664. The average Bonchev–Trinajstić information content (AvgIpc) is 2.16. The number of benzene rings is 1. The van der Waals surface area contributed by atoms with E-state index < -0.39 is 34.1 Å². The number of hydrogen-bond acceptors (Lipinski definition) is 3. The summed E-state index contributed by atoms with van der Waals surface area (Å²) in [6, 6.07) is 2.93. The third-order valence-corrected chi connectivity index (χ3v) is 2.31. The first-order chi connectivity index (χ1) is 6.93. The Bertz CT molecular complexity index is 452. The van der Waals surface area contributed by atoms with E-state index in [-0.39, 0.29) is 4.90 Å². The molecule has 0 radical (unpaired) electrons. The fraction of sp³-hybridized carbons (Fsp3) is 0. The van der Waals surface area contributed by atoms with Gasteiger partial charge in [0.2, 0.25) is 0 Å². The van der Waals surface area contributed by atoms with E-state index in [1.807, 2.05) is 0 Å². The molecule has 0 heterocycles. The van der Waals surface area contributed by atoms with E-state index in [4.69, 9.17) is 14.8 Å². The first kappa shape index (κ1) is 11.3. The van der Waals surface area contributed by atoms with E-state index >= 15 is 0 Å². The van der Waals surface area contributed by atoms with Crippen molar-refractivity contribution >= 4 is 23.0 Å². The summed E-state index contributed by atoms with van der Waals surface area (Å²) in [6.07, 6.45) is 0. The predicted molar refractivity (Wildman–Crippen MR) is 49.4 cm³/mol. The van der Waals surface area contributed by atoms with Crippen LogP contribution < -0.4 is 0 Å². The molecule has 0 aliphatic heterocycles. The Morgan fingerprint density at radius 3 is 2.00 bits per heavy atom. The molecule has 6 nitrogen and oxygen atoms in total. The third-order valence-electron chi connectivity index (χ3n) is 1.65. The summed E-state index contributed by atoms with van der Waals surface area (Å²) >= 11 is -2.33. The molecule has 1 aromatic rings. The van der Waals surface area contributed by atoms with Crippen molar-refractivity contribution in [3.63, 3.8) is 0 Å². The van der Waals surface area contributed by atoms with Crippen LogP contribution in [0.5, 0.6) is 0 Å². The smallest absolute Gasteiger partial charge is 0.336 e. The minimum Gasteiger partial charge on any atom is -0.478 e. The molecule has 80 valence electrons. The highest BCUT2D eigenvalue weighted by molar-refractivity contribution is 7.79. The molecular weight excluding hydrogens is 224 g/mol. The Kier molecular flexibility index (Phi) is 3.17. The van der Waals surface area contributed by atoms with Gasteiger partial charge in [-0.15, -0.1) is 0 Å². The second kappa shape index (κ2) is 4.20. The van der Waals surface area contributed by atoms with Crippen LogP contribution in [0, 0.1) is 0 Å². The molecule has 1 rings (SSSR count). The average molecular weight is 230 g/mol. The fourth-order valence-electron chi connectivity index (χ4n) is 0.995. The van der Waals surface area contributed by atoms with Crippen molar-refractivity contribution in [1.29, 1.82) is 0 Å². The van der Waals surface area contributed by atoms with Gasteiger partial charge in [-0.3, -0.25) is 0 Å². The van der Waals surface area contributed by atoms with Crippen LogP contribution in [-0.2, 0) is 11.1 Å². The standard InChI is InChI=1S/C8H6O6S/c9-7(10)5-2-1-4(15(13)14)3-6(5)8(11)12/h1-3H,(H,9,10)(H,11,12)(H,13,14). The molecule has 0 saturated heterocycles. The lowest BCUT2D eigenvalue weighted by atomic mass is 10.1. The molecule has 0 fully saturated rings. The number of rotatable bonds is 3. The van der Waals surface area contributed by atoms with Crippen molar-refractivity contribution in [3.05, 3.63) is 29.3 Å². The zero-order valence-electron chi connectivity index (χ0n) is 7.21. The van der Waals surface area contributed by atoms with Gasteiger partial charge >= 0.3 is 11.9 Å². The summed E-state index contributed by atoms with van der Waals surface area (Å²) in [5.74, 6) is -2.86. The number of carboxylic acids is 2. The lowest BCUT2D eigenvalue weighted by Crippen LogP contribution is -2.08. The van der Waals surface area contributed by atoms with Gasteiger partial charge < -0.3 is 14.8 Å². The molecule has 0 amide bonds. The van der Waals surface area contributed by atoms with Crippen molar-refractivity contribution in [2.45, 2.75) is 4.90 Å². The summed E-state index contributed by atoms with van der Waals surface area (Å²) in [4.78, 5) is 21.1. The van der Waals surface area contributed by atoms with Crippen LogP contribution in [0.1, 0.15) is 20.7 Å². The summed E-state index contributed by atoms with van der Waals surface area (Å²) in [6.45, 7) is 0. The minimum absolute atomic E-state index is 0.155. The molecule has 0 saturated carbocycles. The van der Waals surface area contributed by atoms with E-state index in [1.165, 1.54) is 0 Å². The SMILES string of the molecule is O=C(O)c1ccc(S(=O)O)cc1C(=O)O. The number of carboxylic acid groups (broad SMARTS) is 2. The van der Waals surface area contributed by atoms with E-state index in [0.717, 1.165) is 18.2 Å². The van der Waals surface area contributed by atoms with Crippen LogP contribution in [0.25, 0.3) is 0 Å². The van der Waals surface area contributed by atoms with Crippen LogP contribution in [0.2, 0.25) is 0 Å². The Labute approximate surface area is 86.5 Å². The maximum absolute atomic E-state index is 10.7. The first-order valence-electron chi connectivity index (χ1n) is 3.65. The number of carbonyl (C=O) groups is 2. The van der Waals surface area contributed by atoms with Crippen molar-refractivity contribution in [3.8, 4) is 0 Å². The molecule has 3 N–H and O–H groups in total. The number of hydrogen-bond donors (Lipinski definition) is 3. The Morgan fingerprint density at radius 2 is 1.60 bits per heavy atom. The van der Waals surface area contributed by atoms with E-state index in [9.17, 15) is 13.8 Å². The molecule has 1 unspecified atom stereocenters. The molecule has 0 aromatic heterocycles. The van der Waals surface area contributed by atoms with Crippen molar-refractivity contribution < 1.29 is 28.6 Å². The third kappa shape index (κ3) is 2.39. The molecule has 7 heteroatoms. The molecule has 0 aliphatic rings.